The molecule has 1 aromatic carbocycles. The van der Waals surface area contributed by atoms with Crippen LogP contribution in [0.15, 0.2) is 46.9 Å². The van der Waals surface area contributed by atoms with E-state index in [1.165, 1.54) is 29.9 Å². The van der Waals surface area contributed by atoms with Crippen molar-refractivity contribution in [3.05, 3.63) is 42.0 Å². The van der Waals surface area contributed by atoms with Crippen LogP contribution >= 0.6 is 11.8 Å². The molecule has 17 heavy (non-hydrogen) atoms. The van der Waals surface area contributed by atoms with E-state index in [0.29, 0.717) is 0 Å². The van der Waals surface area contributed by atoms with Crippen molar-refractivity contribution in [1.82, 2.24) is 0 Å². The average Bonchev–Trinajstić information content (AvgIpc) is 2.66. The lowest BCUT2D eigenvalue weighted by Gasteiger charge is -2.26. The molecule has 0 aliphatic heterocycles. The number of benzene rings is 1. The minimum atomic E-state index is 0.844. The zero-order valence-corrected chi connectivity index (χ0v) is 11.2. The molecule has 1 aromatic rings. The smallest absolute Gasteiger partial charge is 0.00721 e. The molecule has 2 aliphatic carbocycles. The van der Waals surface area contributed by atoms with E-state index in [2.05, 4.69) is 43.3 Å². The van der Waals surface area contributed by atoms with Gasteiger partial charge in [-0.15, -0.1) is 11.8 Å². The summed E-state index contributed by atoms with van der Waals surface area (Å²) in [5.41, 5.74) is 1.76. The molecule has 3 atom stereocenters. The van der Waals surface area contributed by atoms with Crippen molar-refractivity contribution in [2.24, 2.45) is 17.8 Å². The van der Waals surface area contributed by atoms with E-state index in [4.69, 9.17) is 0 Å². The highest BCUT2D eigenvalue weighted by molar-refractivity contribution is 7.99. The van der Waals surface area contributed by atoms with E-state index < -0.39 is 0 Å². The summed E-state index contributed by atoms with van der Waals surface area (Å²) in [6.07, 6.45) is 6.82. The summed E-state index contributed by atoms with van der Waals surface area (Å²) >= 11 is 2.02. The number of rotatable bonds is 3. The topological polar surface area (TPSA) is 0 Å². The number of fused-ring (bicyclic) bond motifs is 2. The van der Waals surface area contributed by atoms with Crippen LogP contribution in [0.2, 0.25) is 0 Å². The fraction of sp³-hybridized carbons (Fsp3) is 0.500. The van der Waals surface area contributed by atoms with Crippen LogP contribution in [-0.2, 0) is 0 Å². The molecule has 0 radical (unpaired) electrons. The molecule has 3 rings (SSSR count). The lowest BCUT2D eigenvalue weighted by molar-refractivity contribution is 0.347. The molecule has 1 saturated carbocycles. The summed E-state index contributed by atoms with van der Waals surface area (Å²) in [6, 6.07) is 10.8. The Hall–Kier alpha value is -0.690. The summed E-state index contributed by atoms with van der Waals surface area (Å²) in [6.45, 7) is 2.39. The second-order valence-electron chi connectivity index (χ2n) is 5.46. The Labute approximate surface area is 109 Å². The third kappa shape index (κ3) is 2.44. The lowest BCUT2D eigenvalue weighted by Crippen LogP contribution is -2.16. The highest BCUT2D eigenvalue weighted by atomic mass is 32.2. The van der Waals surface area contributed by atoms with Gasteiger partial charge in [0.1, 0.15) is 0 Å². The maximum absolute atomic E-state index is 2.56. The molecule has 2 bridgehead atoms. The first-order valence-corrected chi connectivity index (χ1v) is 7.70. The first kappa shape index (κ1) is 11.4. The quantitative estimate of drug-likeness (QED) is 0.545. The van der Waals surface area contributed by atoms with Crippen LogP contribution in [0, 0.1) is 17.8 Å². The number of allylic oxidation sites excluding steroid dienone is 2. The normalized spacial score (nSPS) is 31.4. The second-order valence-corrected chi connectivity index (χ2v) is 6.56. The van der Waals surface area contributed by atoms with Gasteiger partial charge in [-0.2, -0.15) is 0 Å². The molecule has 0 N–H and O–H groups in total. The largest absolute Gasteiger partial charge is 0.126 e. The molecule has 1 fully saturated rings. The predicted octanol–water partition coefficient (Wildman–Crippen LogP) is 4.77. The van der Waals surface area contributed by atoms with Gasteiger partial charge in [0.05, 0.1) is 0 Å². The third-order valence-electron chi connectivity index (χ3n) is 4.32. The summed E-state index contributed by atoms with van der Waals surface area (Å²) < 4.78 is 0. The summed E-state index contributed by atoms with van der Waals surface area (Å²) in [4.78, 5) is 1.42. The monoisotopic (exact) mass is 244 g/mol. The van der Waals surface area contributed by atoms with Gasteiger partial charge in [-0.05, 0) is 49.1 Å². The Morgan fingerprint density at radius 2 is 2.00 bits per heavy atom. The average molecular weight is 244 g/mol. The first-order chi connectivity index (χ1) is 8.33. The van der Waals surface area contributed by atoms with Crippen LogP contribution in [0.25, 0.3) is 0 Å². The molecule has 2 aliphatic rings. The van der Waals surface area contributed by atoms with Crippen molar-refractivity contribution in [2.45, 2.75) is 31.1 Å². The summed E-state index contributed by atoms with van der Waals surface area (Å²) in [5, 5.41) is 0. The molecule has 90 valence electrons. The summed E-state index contributed by atoms with van der Waals surface area (Å²) in [5.74, 6) is 3.94. The van der Waals surface area contributed by atoms with Crippen molar-refractivity contribution in [3.63, 3.8) is 0 Å². The van der Waals surface area contributed by atoms with Gasteiger partial charge >= 0.3 is 0 Å². The molecule has 1 heteroatoms. The third-order valence-corrected chi connectivity index (χ3v) is 5.50. The second kappa shape index (κ2) is 4.89. The van der Waals surface area contributed by atoms with Crippen molar-refractivity contribution in [1.29, 1.82) is 0 Å². The van der Waals surface area contributed by atoms with Crippen molar-refractivity contribution < 1.29 is 0 Å². The summed E-state index contributed by atoms with van der Waals surface area (Å²) in [7, 11) is 0. The zero-order valence-electron chi connectivity index (χ0n) is 10.4. The Morgan fingerprint density at radius 1 is 1.18 bits per heavy atom. The minimum absolute atomic E-state index is 0.844. The first-order valence-electron chi connectivity index (χ1n) is 6.71. The van der Waals surface area contributed by atoms with Crippen LogP contribution in [-0.4, -0.2) is 5.75 Å². The molecule has 0 saturated heterocycles. The molecule has 0 amide bonds. The molecule has 0 spiro atoms. The number of thioether (sulfide) groups is 1. The molecule has 0 heterocycles. The Bertz CT molecular complexity index is 407. The van der Waals surface area contributed by atoms with E-state index >= 15 is 0 Å². The molecular formula is C16H20S. The lowest BCUT2D eigenvalue weighted by atomic mass is 9.82. The van der Waals surface area contributed by atoms with Gasteiger partial charge in [0, 0.05) is 10.6 Å². The van der Waals surface area contributed by atoms with Crippen LogP contribution in [0.3, 0.4) is 0 Å². The van der Waals surface area contributed by atoms with Crippen LogP contribution in [0.4, 0.5) is 0 Å². The maximum atomic E-state index is 2.56. The number of hydrogen-bond acceptors (Lipinski definition) is 1. The van der Waals surface area contributed by atoms with Gasteiger partial charge in [0.2, 0.25) is 0 Å². The SMILES string of the molecule is C[C@H]1C=C2CC1CCC2CSc1ccccc1. The Kier molecular flexibility index (Phi) is 3.28. The molecule has 0 aromatic heterocycles. The highest BCUT2D eigenvalue weighted by Crippen LogP contribution is 2.45. The van der Waals surface area contributed by atoms with E-state index in [0.717, 1.165) is 17.8 Å². The van der Waals surface area contributed by atoms with E-state index in [1.54, 1.807) is 5.57 Å². The minimum Gasteiger partial charge on any atom is -0.126 e. The van der Waals surface area contributed by atoms with Gasteiger partial charge in [0.15, 0.2) is 0 Å². The van der Waals surface area contributed by atoms with Crippen molar-refractivity contribution in [3.8, 4) is 0 Å². The van der Waals surface area contributed by atoms with Gasteiger partial charge in [-0.3, -0.25) is 0 Å². The van der Waals surface area contributed by atoms with Crippen LogP contribution in [0.1, 0.15) is 26.2 Å². The Morgan fingerprint density at radius 3 is 2.82 bits per heavy atom. The molecular weight excluding hydrogens is 224 g/mol. The highest BCUT2D eigenvalue weighted by Gasteiger charge is 2.33. The van der Waals surface area contributed by atoms with Crippen molar-refractivity contribution >= 4 is 11.8 Å². The molecule has 2 unspecified atom stereocenters. The van der Waals surface area contributed by atoms with E-state index in [9.17, 15) is 0 Å². The predicted molar refractivity (Wildman–Crippen MR) is 75.2 cm³/mol. The van der Waals surface area contributed by atoms with Crippen molar-refractivity contribution in [2.75, 3.05) is 5.75 Å². The molecule has 0 nitrogen and oxygen atoms in total. The van der Waals surface area contributed by atoms with Crippen LogP contribution in [0.5, 0.6) is 0 Å². The van der Waals surface area contributed by atoms with E-state index in [1.807, 2.05) is 11.8 Å². The zero-order chi connectivity index (χ0) is 11.7. The number of hydrogen-bond donors (Lipinski definition) is 0. The maximum Gasteiger partial charge on any atom is 0.00721 e. The van der Waals surface area contributed by atoms with Gasteiger partial charge in [0.25, 0.3) is 0 Å². The fourth-order valence-electron chi connectivity index (χ4n) is 3.20. The van der Waals surface area contributed by atoms with Gasteiger partial charge < -0.3 is 0 Å². The van der Waals surface area contributed by atoms with Gasteiger partial charge in [-0.25, -0.2) is 0 Å². The fourth-order valence-corrected chi connectivity index (χ4v) is 4.33. The van der Waals surface area contributed by atoms with Crippen LogP contribution < -0.4 is 0 Å². The van der Waals surface area contributed by atoms with Gasteiger partial charge in [-0.1, -0.05) is 36.8 Å². The standard InChI is InChI=1S/C16H20S/c1-12-9-15-10-13(12)7-8-14(15)11-17-16-5-3-2-4-6-16/h2-6,9,12-14H,7-8,10-11H2,1H3/t12-,13?,14?/m0/s1. The van der Waals surface area contributed by atoms with E-state index in [-0.39, 0.29) is 0 Å². The Balaban J connectivity index is 1.61.